The lowest BCUT2D eigenvalue weighted by Gasteiger charge is -2.06. The molecule has 3 heterocycles. The predicted octanol–water partition coefficient (Wildman–Crippen LogP) is 1.05. The van der Waals surface area contributed by atoms with Gasteiger partial charge in [-0.3, -0.25) is 9.08 Å². The maximum Gasteiger partial charge on any atom is 0.203 e. The van der Waals surface area contributed by atoms with Crippen LogP contribution in [0.1, 0.15) is 11.4 Å². The van der Waals surface area contributed by atoms with Gasteiger partial charge in [0, 0.05) is 25.1 Å². The summed E-state index contributed by atoms with van der Waals surface area (Å²) in [7, 11) is 0. The van der Waals surface area contributed by atoms with Gasteiger partial charge in [-0.25, -0.2) is 4.98 Å². The number of nitrogens with zero attached hydrogens (tertiary/aromatic N) is 6. The molecule has 0 aromatic carbocycles. The molecule has 3 aromatic heterocycles. The van der Waals surface area contributed by atoms with Gasteiger partial charge in [0.05, 0.1) is 12.7 Å². The molecule has 0 aliphatic carbocycles. The van der Waals surface area contributed by atoms with Crippen molar-refractivity contribution < 1.29 is 0 Å². The van der Waals surface area contributed by atoms with Crippen LogP contribution >= 0.6 is 0 Å². The topological polar surface area (TPSA) is 72.9 Å². The summed E-state index contributed by atoms with van der Waals surface area (Å²) < 4.78 is 3.81. The summed E-state index contributed by atoms with van der Waals surface area (Å²) in [4.78, 5) is 4.29. The second kappa shape index (κ2) is 4.68. The minimum Gasteiger partial charge on any atom is -0.365 e. The second-order valence-electron chi connectivity index (χ2n) is 4.42. The molecule has 7 nitrogen and oxygen atoms in total. The highest BCUT2D eigenvalue weighted by molar-refractivity contribution is 5.61. The fraction of sp³-hybridized carbons (Fsp3) is 0.333. The van der Waals surface area contributed by atoms with Crippen LogP contribution in [0.3, 0.4) is 0 Å². The summed E-state index contributed by atoms with van der Waals surface area (Å²) in [6.07, 6.45) is 7.45. The Morgan fingerprint density at radius 1 is 1.26 bits per heavy atom. The molecular weight excluding hydrogens is 242 g/mol. The van der Waals surface area contributed by atoms with Crippen molar-refractivity contribution in [3.8, 4) is 0 Å². The standard InChI is InChI=1S/C12H15N7/c1-9-7-15-18(8-9)5-3-13-11-12-17-16-10(2)19(12)6-4-14-11/h4,6-8H,3,5H2,1-2H3,(H,13,14). The molecule has 3 aromatic rings. The first kappa shape index (κ1) is 11.6. The van der Waals surface area contributed by atoms with Gasteiger partial charge >= 0.3 is 0 Å². The molecule has 3 rings (SSSR count). The molecule has 98 valence electrons. The Kier molecular flexibility index (Phi) is 2.86. The first-order valence-corrected chi connectivity index (χ1v) is 6.13. The molecule has 0 bridgehead atoms. The minimum absolute atomic E-state index is 0.736. The van der Waals surface area contributed by atoms with Gasteiger partial charge in [0.1, 0.15) is 5.82 Å². The van der Waals surface area contributed by atoms with E-state index in [0.29, 0.717) is 0 Å². The average Bonchev–Trinajstić information content (AvgIpc) is 2.98. The largest absolute Gasteiger partial charge is 0.365 e. The van der Waals surface area contributed by atoms with E-state index in [0.717, 1.165) is 35.9 Å². The molecular formula is C12H15N7. The third kappa shape index (κ3) is 2.26. The smallest absolute Gasteiger partial charge is 0.203 e. The third-order valence-electron chi connectivity index (χ3n) is 2.89. The van der Waals surface area contributed by atoms with E-state index < -0.39 is 0 Å². The molecule has 0 radical (unpaired) electrons. The number of hydrogen-bond donors (Lipinski definition) is 1. The van der Waals surface area contributed by atoms with Crippen LogP contribution in [0.25, 0.3) is 5.65 Å². The molecule has 7 heteroatoms. The van der Waals surface area contributed by atoms with Crippen molar-refractivity contribution in [3.05, 3.63) is 36.2 Å². The first-order valence-electron chi connectivity index (χ1n) is 6.13. The number of nitrogens with one attached hydrogen (secondary N) is 1. The van der Waals surface area contributed by atoms with Gasteiger partial charge in [-0.1, -0.05) is 0 Å². The average molecular weight is 257 g/mol. The Hall–Kier alpha value is -2.44. The number of rotatable bonds is 4. The van der Waals surface area contributed by atoms with Gasteiger partial charge in [0.25, 0.3) is 0 Å². The van der Waals surface area contributed by atoms with E-state index >= 15 is 0 Å². The molecule has 19 heavy (non-hydrogen) atoms. The molecule has 0 aliphatic rings. The zero-order valence-electron chi connectivity index (χ0n) is 10.9. The van der Waals surface area contributed by atoms with Gasteiger partial charge in [0.15, 0.2) is 5.82 Å². The van der Waals surface area contributed by atoms with E-state index in [1.807, 2.05) is 41.5 Å². The van der Waals surface area contributed by atoms with Crippen LogP contribution in [-0.2, 0) is 6.54 Å². The van der Waals surface area contributed by atoms with Gasteiger partial charge in [0.2, 0.25) is 5.65 Å². The van der Waals surface area contributed by atoms with Crippen LogP contribution in [0, 0.1) is 13.8 Å². The van der Waals surface area contributed by atoms with Crippen LogP contribution in [-0.4, -0.2) is 35.9 Å². The summed E-state index contributed by atoms with van der Waals surface area (Å²) in [6, 6.07) is 0. The fourth-order valence-corrected chi connectivity index (χ4v) is 1.94. The third-order valence-corrected chi connectivity index (χ3v) is 2.89. The predicted molar refractivity (Wildman–Crippen MR) is 71.0 cm³/mol. The SMILES string of the molecule is Cc1cnn(CCNc2nccn3c(C)nnc23)c1. The number of fused-ring (bicyclic) bond motifs is 1. The quantitative estimate of drug-likeness (QED) is 0.756. The van der Waals surface area contributed by atoms with E-state index in [-0.39, 0.29) is 0 Å². The Labute approximate surface area is 110 Å². The summed E-state index contributed by atoms with van der Waals surface area (Å²) >= 11 is 0. The maximum atomic E-state index is 4.29. The normalized spacial score (nSPS) is 11.1. The lowest BCUT2D eigenvalue weighted by atomic mass is 10.4. The molecule has 0 saturated carbocycles. The Balaban J connectivity index is 1.71. The molecule has 0 unspecified atom stereocenters. The van der Waals surface area contributed by atoms with Gasteiger partial charge in [-0.2, -0.15) is 5.10 Å². The summed E-state index contributed by atoms with van der Waals surface area (Å²) in [5, 5.41) is 15.7. The van der Waals surface area contributed by atoms with Crippen molar-refractivity contribution in [1.29, 1.82) is 0 Å². The molecule has 0 aliphatic heterocycles. The van der Waals surface area contributed by atoms with Gasteiger partial charge in [-0.05, 0) is 19.4 Å². The fourth-order valence-electron chi connectivity index (χ4n) is 1.94. The monoisotopic (exact) mass is 257 g/mol. The van der Waals surface area contributed by atoms with Crippen LogP contribution in [0.4, 0.5) is 5.82 Å². The first-order chi connectivity index (χ1) is 9.24. The zero-order chi connectivity index (χ0) is 13.2. The minimum atomic E-state index is 0.736. The molecule has 0 amide bonds. The Morgan fingerprint density at radius 2 is 2.16 bits per heavy atom. The summed E-state index contributed by atoms with van der Waals surface area (Å²) in [6.45, 7) is 5.46. The number of aryl methyl sites for hydroxylation is 2. The number of hydrogen-bond acceptors (Lipinski definition) is 5. The van der Waals surface area contributed by atoms with Crippen molar-refractivity contribution in [2.75, 3.05) is 11.9 Å². The van der Waals surface area contributed by atoms with Crippen molar-refractivity contribution in [2.24, 2.45) is 0 Å². The van der Waals surface area contributed by atoms with Gasteiger partial charge in [-0.15, -0.1) is 10.2 Å². The maximum absolute atomic E-state index is 4.29. The lowest BCUT2D eigenvalue weighted by molar-refractivity contribution is 0.637. The van der Waals surface area contributed by atoms with Crippen LogP contribution in [0.2, 0.25) is 0 Å². The zero-order valence-corrected chi connectivity index (χ0v) is 10.9. The molecule has 0 saturated heterocycles. The van der Waals surface area contributed by atoms with E-state index in [1.165, 1.54) is 0 Å². The van der Waals surface area contributed by atoms with E-state index in [9.17, 15) is 0 Å². The van der Waals surface area contributed by atoms with E-state index in [2.05, 4.69) is 25.6 Å². The van der Waals surface area contributed by atoms with Crippen molar-refractivity contribution in [1.82, 2.24) is 29.4 Å². The van der Waals surface area contributed by atoms with Crippen LogP contribution < -0.4 is 5.32 Å². The van der Waals surface area contributed by atoms with Crippen LogP contribution in [0.15, 0.2) is 24.8 Å². The Bertz CT molecular complexity index is 697. The molecule has 0 fully saturated rings. The highest BCUT2D eigenvalue weighted by Crippen LogP contribution is 2.11. The van der Waals surface area contributed by atoms with Crippen molar-refractivity contribution in [2.45, 2.75) is 20.4 Å². The van der Waals surface area contributed by atoms with Gasteiger partial charge < -0.3 is 5.32 Å². The lowest BCUT2D eigenvalue weighted by Crippen LogP contribution is -2.12. The summed E-state index contributed by atoms with van der Waals surface area (Å²) in [5.41, 5.74) is 1.91. The highest BCUT2D eigenvalue weighted by Gasteiger charge is 2.06. The molecule has 0 atom stereocenters. The summed E-state index contributed by atoms with van der Waals surface area (Å²) in [5.74, 6) is 1.59. The Morgan fingerprint density at radius 3 is 2.95 bits per heavy atom. The molecule has 0 spiro atoms. The second-order valence-corrected chi connectivity index (χ2v) is 4.42. The van der Waals surface area contributed by atoms with E-state index in [4.69, 9.17) is 0 Å². The van der Waals surface area contributed by atoms with Crippen molar-refractivity contribution >= 4 is 11.5 Å². The highest BCUT2D eigenvalue weighted by atomic mass is 15.3. The number of aromatic nitrogens is 6. The van der Waals surface area contributed by atoms with E-state index in [1.54, 1.807) is 6.20 Å². The number of anilines is 1. The molecule has 1 N–H and O–H groups in total. The van der Waals surface area contributed by atoms with Crippen LogP contribution in [0.5, 0.6) is 0 Å². The van der Waals surface area contributed by atoms with Crippen molar-refractivity contribution in [3.63, 3.8) is 0 Å².